The molecule has 144 valence electrons. The summed E-state index contributed by atoms with van der Waals surface area (Å²) in [6, 6.07) is 0.130. The van der Waals surface area contributed by atoms with E-state index in [0.717, 1.165) is 23.3 Å². The van der Waals surface area contributed by atoms with Crippen LogP contribution in [0.2, 0.25) is 0 Å². The molecule has 1 aliphatic rings. The Morgan fingerprint density at radius 1 is 1.19 bits per heavy atom. The lowest BCUT2D eigenvalue weighted by Crippen LogP contribution is -2.45. The molecule has 0 spiro atoms. The van der Waals surface area contributed by atoms with E-state index in [-0.39, 0.29) is 24.5 Å². The van der Waals surface area contributed by atoms with Crippen LogP contribution in [0.4, 0.5) is 5.00 Å². The van der Waals surface area contributed by atoms with Gasteiger partial charge in [0.2, 0.25) is 5.91 Å². The highest BCUT2D eigenvalue weighted by atomic mass is 32.1. The minimum atomic E-state index is -0.587. The van der Waals surface area contributed by atoms with E-state index in [0.29, 0.717) is 22.4 Å². The van der Waals surface area contributed by atoms with E-state index in [1.165, 1.54) is 24.7 Å². The zero-order valence-corrected chi connectivity index (χ0v) is 16.9. The molecule has 7 heteroatoms. The molecule has 2 rings (SSSR count). The van der Waals surface area contributed by atoms with E-state index in [9.17, 15) is 14.4 Å². The standard InChI is InChI=1S/C19H28N2O4S/c1-10-7-6-8-15(11(10)2)21-16(23)9-25-19(24)17-12(3)13(4)26-18(17)20-14(5)22/h10-11,15H,6-9H2,1-5H3,(H,20,22)(H,21,23)/t10-,11-,15-/m1/s1. The average Bonchev–Trinajstić information content (AvgIpc) is 2.83. The van der Waals surface area contributed by atoms with E-state index in [1.807, 2.05) is 6.92 Å². The Kier molecular flexibility index (Phi) is 6.81. The molecule has 2 N–H and O–H groups in total. The van der Waals surface area contributed by atoms with Crippen molar-refractivity contribution in [3.05, 3.63) is 16.0 Å². The number of ether oxygens (including phenoxy) is 1. The van der Waals surface area contributed by atoms with E-state index < -0.39 is 5.97 Å². The van der Waals surface area contributed by atoms with Gasteiger partial charge in [-0.2, -0.15) is 0 Å². The van der Waals surface area contributed by atoms with Crippen LogP contribution in [-0.2, 0) is 14.3 Å². The molecule has 0 aliphatic heterocycles. The van der Waals surface area contributed by atoms with Crippen molar-refractivity contribution in [2.75, 3.05) is 11.9 Å². The highest BCUT2D eigenvalue weighted by molar-refractivity contribution is 7.16. The summed E-state index contributed by atoms with van der Waals surface area (Å²) in [4.78, 5) is 36.9. The van der Waals surface area contributed by atoms with Crippen molar-refractivity contribution < 1.29 is 19.1 Å². The SMILES string of the molecule is CC(=O)Nc1sc(C)c(C)c1C(=O)OCC(=O)N[C@@H]1CCC[C@@H](C)[C@H]1C. The molecule has 0 aromatic carbocycles. The summed E-state index contributed by atoms with van der Waals surface area (Å²) in [6.07, 6.45) is 3.25. The van der Waals surface area contributed by atoms with Crippen molar-refractivity contribution in [3.8, 4) is 0 Å². The van der Waals surface area contributed by atoms with Gasteiger partial charge in [0.1, 0.15) is 5.00 Å². The van der Waals surface area contributed by atoms with Crippen molar-refractivity contribution in [1.29, 1.82) is 0 Å². The third-order valence-electron chi connectivity index (χ3n) is 5.27. The van der Waals surface area contributed by atoms with Gasteiger partial charge >= 0.3 is 5.97 Å². The predicted molar refractivity (Wildman–Crippen MR) is 102 cm³/mol. The molecule has 1 aromatic heterocycles. The van der Waals surface area contributed by atoms with Crippen LogP contribution in [0.1, 0.15) is 60.8 Å². The molecule has 1 aromatic rings. The number of rotatable bonds is 5. The van der Waals surface area contributed by atoms with Crippen LogP contribution in [0.15, 0.2) is 0 Å². The van der Waals surface area contributed by atoms with Gasteiger partial charge in [-0.05, 0) is 37.7 Å². The van der Waals surface area contributed by atoms with Gasteiger partial charge in [0.15, 0.2) is 6.61 Å². The number of carbonyl (C=O) groups excluding carboxylic acids is 3. The maximum absolute atomic E-state index is 12.4. The van der Waals surface area contributed by atoms with Crippen LogP contribution in [0.5, 0.6) is 0 Å². The summed E-state index contributed by atoms with van der Waals surface area (Å²) < 4.78 is 5.21. The Labute approximate surface area is 158 Å². The molecule has 0 unspecified atom stereocenters. The third kappa shape index (κ3) is 4.84. The van der Waals surface area contributed by atoms with Gasteiger partial charge in [-0.1, -0.05) is 26.7 Å². The molecule has 1 fully saturated rings. The van der Waals surface area contributed by atoms with Crippen molar-refractivity contribution in [1.82, 2.24) is 5.32 Å². The molecular formula is C19H28N2O4S. The normalized spacial score (nSPS) is 22.6. The minimum absolute atomic E-state index is 0.130. The zero-order valence-electron chi connectivity index (χ0n) is 16.1. The third-order valence-corrected chi connectivity index (χ3v) is 6.39. The Balaban J connectivity index is 1.96. The Hall–Kier alpha value is -1.89. The molecule has 26 heavy (non-hydrogen) atoms. The number of hydrogen-bond acceptors (Lipinski definition) is 5. The molecule has 0 saturated heterocycles. The molecule has 1 heterocycles. The first-order valence-corrected chi connectivity index (χ1v) is 9.86. The van der Waals surface area contributed by atoms with Gasteiger partial charge in [0, 0.05) is 17.8 Å². The first-order chi connectivity index (χ1) is 12.2. The van der Waals surface area contributed by atoms with Crippen LogP contribution >= 0.6 is 11.3 Å². The Morgan fingerprint density at radius 3 is 2.54 bits per heavy atom. The van der Waals surface area contributed by atoms with E-state index >= 15 is 0 Å². The lowest BCUT2D eigenvalue weighted by molar-refractivity contribution is -0.125. The number of thiophene rings is 1. The fourth-order valence-corrected chi connectivity index (χ4v) is 4.45. The number of nitrogens with one attached hydrogen (secondary N) is 2. The summed E-state index contributed by atoms with van der Waals surface area (Å²) in [5, 5.41) is 6.11. The predicted octanol–water partition coefficient (Wildman–Crippen LogP) is 3.42. The van der Waals surface area contributed by atoms with E-state index in [1.54, 1.807) is 6.92 Å². The van der Waals surface area contributed by atoms with Gasteiger partial charge in [-0.25, -0.2) is 4.79 Å². The van der Waals surface area contributed by atoms with E-state index in [2.05, 4.69) is 24.5 Å². The van der Waals surface area contributed by atoms with Gasteiger partial charge in [0.05, 0.1) is 5.56 Å². The number of aryl methyl sites for hydroxylation is 1. The van der Waals surface area contributed by atoms with Crippen LogP contribution < -0.4 is 10.6 Å². The maximum Gasteiger partial charge on any atom is 0.341 e. The van der Waals surface area contributed by atoms with Crippen LogP contribution in [-0.4, -0.2) is 30.4 Å². The second-order valence-electron chi connectivity index (χ2n) is 7.19. The van der Waals surface area contributed by atoms with Crippen molar-refractivity contribution in [2.24, 2.45) is 11.8 Å². The van der Waals surface area contributed by atoms with Crippen LogP contribution in [0.3, 0.4) is 0 Å². The van der Waals surface area contributed by atoms with Gasteiger partial charge in [-0.3, -0.25) is 9.59 Å². The molecule has 0 bridgehead atoms. The second-order valence-corrected chi connectivity index (χ2v) is 8.41. The van der Waals surface area contributed by atoms with Gasteiger partial charge in [-0.15, -0.1) is 11.3 Å². The second kappa shape index (κ2) is 8.66. The molecule has 6 nitrogen and oxygen atoms in total. The highest BCUT2D eigenvalue weighted by Crippen LogP contribution is 2.33. The summed E-state index contributed by atoms with van der Waals surface area (Å²) in [5.41, 5.74) is 1.09. The van der Waals surface area contributed by atoms with Crippen LogP contribution in [0.25, 0.3) is 0 Å². The number of carbonyl (C=O) groups is 3. The van der Waals surface area contributed by atoms with Crippen molar-refractivity contribution >= 4 is 34.1 Å². The van der Waals surface area contributed by atoms with Crippen LogP contribution in [0, 0.1) is 25.7 Å². The zero-order chi connectivity index (χ0) is 19.4. The number of amides is 2. The van der Waals surface area contributed by atoms with Crippen molar-refractivity contribution in [2.45, 2.75) is 59.9 Å². The summed E-state index contributed by atoms with van der Waals surface area (Å²) in [7, 11) is 0. The molecule has 2 amide bonds. The van der Waals surface area contributed by atoms with Gasteiger partial charge < -0.3 is 15.4 Å². The summed E-state index contributed by atoms with van der Waals surface area (Å²) >= 11 is 1.33. The Morgan fingerprint density at radius 2 is 1.88 bits per heavy atom. The number of anilines is 1. The molecule has 1 aliphatic carbocycles. The largest absolute Gasteiger partial charge is 0.452 e. The van der Waals surface area contributed by atoms with Crippen molar-refractivity contribution in [3.63, 3.8) is 0 Å². The monoisotopic (exact) mass is 380 g/mol. The summed E-state index contributed by atoms with van der Waals surface area (Å²) in [5.74, 6) is -0.131. The fourth-order valence-electron chi connectivity index (χ4n) is 3.36. The lowest BCUT2D eigenvalue weighted by atomic mass is 9.78. The lowest BCUT2D eigenvalue weighted by Gasteiger charge is -2.34. The average molecular weight is 381 g/mol. The maximum atomic E-state index is 12.4. The van der Waals surface area contributed by atoms with E-state index in [4.69, 9.17) is 4.74 Å². The first kappa shape index (κ1) is 20.4. The smallest absolute Gasteiger partial charge is 0.341 e. The fraction of sp³-hybridized carbons (Fsp3) is 0.632. The quantitative estimate of drug-likeness (QED) is 0.767. The highest BCUT2D eigenvalue weighted by Gasteiger charge is 2.28. The number of esters is 1. The molecular weight excluding hydrogens is 352 g/mol. The molecule has 3 atom stereocenters. The summed E-state index contributed by atoms with van der Waals surface area (Å²) in [6.45, 7) is 9.11. The topological polar surface area (TPSA) is 84.5 Å². The Bertz CT molecular complexity index is 698. The van der Waals surface area contributed by atoms with Gasteiger partial charge in [0.25, 0.3) is 5.91 Å². The number of hydrogen-bond donors (Lipinski definition) is 2. The molecule has 0 radical (unpaired) electrons. The minimum Gasteiger partial charge on any atom is -0.452 e. The molecule has 1 saturated carbocycles. The first-order valence-electron chi connectivity index (χ1n) is 9.04.